The van der Waals surface area contributed by atoms with E-state index < -0.39 is 0 Å². The number of hydrogen-bond acceptors (Lipinski definition) is 2. The highest BCUT2D eigenvalue weighted by Crippen LogP contribution is 2.14. The molecule has 1 unspecified atom stereocenters. The zero-order valence-corrected chi connectivity index (χ0v) is 8.05. The van der Waals surface area contributed by atoms with Gasteiger partial charge in [-0.15, -0.1) is 6.58 Å². The number of nitrogens with one attached hydrogen (secondary N) is 1. The Hall–Kier alpha value is -0.340. The summed E-state index contributed by atoms with van der Waals surface area (Å²) in [6.45, 7) is 10.5. The van der Waals surface area contributed by atoms with Crippen molar-refractivity contribution in [2.45, 2.75) is 25.8 Å². The molecule has 0 radical (unpaired) electrons. The summed E-state index contributed by atoms with van der Waals surface area (Å²) in [6.07, 6.45) is 4.66. The van der Waals surface area contributed by atoms with Crippen molar-refractivity contribution in [3.05, 3.63) is 12.7 Å². The van der Waals surface area contributed by atoms with Gasteiger partial charge >= 0.3 is 0 Å². The Kier molecular flexibility index (Phi) is 4.33. The maximum atomic E-state index is 3.67. The molecule has 0 saturated carbocycles. The molecule has 1 N–H and O–H groups in total. The molecule has 0 amide bonds. The van der Waals surface area contributed by atoms with Crippen LogP contribution in [0.15, 0.2) is 12.7 Å². The molecule has 0 aliphatic carbocycles. The normalized spacial score (nSPS) is 24.6. The van der Waals surface area contributed by atoms with Crippen LogP contribution in [0.1, 0.15) is 19.8 Å². The molecule has 1 aliphatic rings. The van der Waals surface area contributed by atoms with E-state index in [0.717, 1.165) is 19.1 Å². The summed E-state index contributed by atoms with van der Waals surface area (Å²) in [7, 11) is 0. The van der Waals surface area contributed by atoms with Gasteiger partial charge in [0.05, 0.1) is 0 Å². The maximum Gasteiger partial charge on any atom is 0.0132 e. The summed E-state index contributed by atoms with van der Waals surface area (Å²) in [6, 6.07) is 0.801. The van der Waals surface area contributed by atoms with Gasteiger partial charge in [0.2, 0.25) is 0 Å². The molecule has 0 aromatic heterocycles. The van der Waals surface area contributed by atoms with Crippen LogP contribution in [0.25, 0.3) is 0 Å². The van der Waals surface area contributed by atoms with Crippen molar-refractivity contribution in [3.63, 3.8) is 0 Å². The fourth-order valence-electron chi connectivity index (χ4n) is 1.75. The molecule has 12 heavy (non-hydrogen) atoms. The lowest BCUT2D eigenvalue weighted by molar-refractivity contribution is 0.270. The fourth-order valence-corrected chi connectivity index (χ4v) is 1.75. The summed E-state index contributed by atoms with van der Waals surface area (Å²) in [5, 5.41) is 3.32. The van der Waals surface area contributed by atoms with E-state index in [4.69, 9.17) is 0 Å². The molecule has 0 spiro atoms. The summed E-state index contributed by atoms with van der Waals surface area (Å²) in [5.41, 5.74) is 0. The Morgan fingerprint density at radius 3 is 3.08 bits per heavy atom. The molecule has 1 rings (SSSR count). The number of likely N-dealkylation sites (tertiary alicyclic amines) is 1. The standard InChI is InChI=1S/C10H20N2/c1-3-6-11-7-9-12-8-4-5-10(12)2/h3,10-11H,1,4-9H2,2H3. The largest absolute Gasteiger partial charge is 0.312 e. The van der Waals surface area contributed by atoms with E-state index in [1.165, 1.54) is 25.9 Å². The average molecular weight is 168 g/mol. The van der Waals surface area contributed by atoms with E-state index in [0.29, 0.717) is 0 Å². The summed E-state index contributed by atoms with van der Waals surface area (Å²) in [4.78, 5) is 2.55. The van der Waals surface area contributed by atoms with Gasteiger partial charge < -0.3 is 5.32 Å². The van der Waals surface area contributed by atoms with Gasteiger partial charge in [-0.2, -0.15) is 0 Å². The predicted molar refractivity (Wildman–Crippen MR) is 53.3 cm³/mol. The van der Waals surface area contributed by atoms with Gasteiger partial charge in [0.1, 0.15) is 0 Å². The van der Waals surface area contributed by atoms with Crippen LogP contribution < -0.4 is 5.32 Å². The SMILES string of the molecule is C=CCNCCN1CCCC1C. The lowest BCUT2D eigenvalue weighted by Gasteiger charge is -2.20. The summed E-state index contributed by atoms with van der Waals surface area (Å²) >= 11 is 0. The van der Waals surface area contributed by atoms with Gasteiger partial charge in [-0.3, -0.25) is 4.90 Å². The zero-order chi connectivity index (χ0) is 8.81. The maximum absolute atomic E-state index is 3.67. The second-order valence-corrected chi connectivity index (χ2v) is 3.52. The Bertz CT molecular complexity index is 134. The minimum atomic E-state index is 0.801. The van der Waals surface area contributed by atoms with Crippen molar-refractivity contribution < 1.29 is 0 Å². The van der Waals surface area contributed by atoms with Crippen molar-refractivity contribution in [1.82, 2.24) is 10.2 Å². The molecule has 2 heteroatoms. The molecule has 2 nitrogen and oxygen atoms in total. The number of nitrogens with zero attached hydrogens (tertiary/aromatic N) is 1. The molecule has 1 atom stereocenters. The molecule has 70 valence electrons. The Balaban J connectivity index is 2.02. The van der Waals surface area contributed by atoms with Crippen molar-refractivity contribution in [3.8, 4) is 0 Å². The second kappa shape index (κ2) is 5.33. The number of hydrogen-bond donors (Lipinski definition) is 1. The Labute approximate surface area is 75.6 Å². The highest BCUT2D eigenvalue weighted by molar-refractivity contribution is 4.76. The monoisotopic (exact) mass is 168 g/mol. The third-order valence-electron chi connectivity index (χ3n) is 2.56. The molecule has 1 fully saturated rings. The first-order valence-corrected chi connectivity index (χ1v) is 4.90. The fraction of sp³-hybridized carbons (Fsp3) is 0.800. The van der Waals surface area contributed by atoms with Crippen LogP contribution in [0.3, 0.4) is 0 Å². The van der Waals surface area contributed by atoms with Gasteiger partial charge in [0.25, 0.3) is 0 Å². The quantitative estimate of drug-likeness (QED) is 0.491. The molecule has 0 bridgehead atoms. The zero-order valence-electron chi connectivity index (χ0n) is 8.05. The van der Waals surface area contributed by atoms with E-state index in [9.17, 15) is 0 Å². The van der Waals surface area contributed by atoms with Gasteiger partial charge in [-0.1, -0.05) is 6.08 Å². The van der Waals surface area contributed by atoms with Gasteiger partial charge in [0.15, 0.2) is 0 Å². The molecular formula is C10H20N2. The van der Waals surface area contributed by atoms with Crippen molar-refractivity contribution in [1.29, 1.82) is 0 Å². The van der Waals surface area contributed by atoms with E-state index in [-0.39, 0.29) is 0 Å². The van der Waals surface area contributed by atoms with Gasteiger partial charge in [-0.25, -0.2) is 0 Å². The third-order valence-corrected chi connectivity index (χ3v) is 2.56. The topological polar surface area (TPSA) is 15.3 Å². The summed E-state index contributed by atoms with van der Waals surface area (Å²) in [5.74, 6) is 0. The lowest BCUT2D eigenvalue weighted by atomic mass is 10.2. The highest BCUT2D eigenvalue weighted by atomic mass is 15.2. The minimum absolute atomic E-state index is 0.801. The van der Waals surface area contributed by atoms with Crippen molar-refractivity contribution >= 4 is 0 Å². The Morgan fingerprint density at radius 2 is 2.50 bits per heavy atom. The van der Waals surface area contributed by atoms with E-state index >= 15 is 0 Å². The van der Waals surface area contributed by atoms with Gasteiger partial charge in [-0.05, 0) is 26.3 Å². The molecule has 1 aliphatic heterocycles. The molecule has 1 saturated heterocycles. The smallest absolute Gasteiger partial charge is 0.0132 e. The van der Waals surface area contributed by atoms with Crippen LogP contribution in [0.2, 0.25) is 0 Å². The molecular weight excluding hydrogens is 148 g/mol. The highest BCUT2D eigenvalue weighted by Gasteiger charge is 2.18. The van der Waals surface area contributed by atoms with Crippen LogP contribution in [0.5, 0.6) is 0 Å². The van der Waals surface area contributed by atoms with Crippen molar-refractivity contribution in [2.24, 2.45) is 0 Å². The van der Waals surface area contributed by atoms with E-state index in [1.807, 2.05) is 6.08 Å². The van der Waals surface area contributed by atoms with Crippen LogP contribution in [-0.2, 0) is 0 Å². The van der Waals surface area contributed by atoms with E-state index in [1.54, 1.807) is 0 Å². The second-order valence-electron chi connectivity index (χ2n) is 3.52. The number of rotatable bonds is 5. The van der Waals surface area contributed by atoms with Crippen LogP contribution in [0, 0.1) is 0 Å². The van der Waals surface area contributed by atoms with Gasteiger partial charge in [0, 0.05) is 25.7 Å². The third kappa shape index (κ3) is 2.95. The average Bonchev–Trinajstić information content (AvgIpc) is 2.46. The lowest BCUT2D eigenvalue weighted by Crippen LogP contribution is -2.34. The summed E-state index contributed by atoms with van der Waals surface area (Å²) < 4.78 is 0. The van der Waals surface area contributed by atoms with Crippen LogP contribution in [0.4, 0.5) is 0 Å². The first-order valence-electron chi connectivity index (χ1n) is 4.90. The molecule has 1 heterocycles. The molecule has 0 aromatic rings. The van der Waals surface area contributed by atoms with Crippen LogP contribution in [-0.4, -0.2) is 37.1 Å². The Morgan fingerprint density at radius 1 is 1.67 bits per heavy atom. The predicted octanol–water partition coefficient (Wildman–Crippen LogP) is 1.25. The first-order chi connectivity index (χ1) is 5.84. The first kappa shape index (κ1) is 9.75. The van der Waals surface area contributed by atoms with Crippen LogP contribution >= 0.6 is 0 Å². The van der Waals surface area contributed by atoms with E-state index in [2.05, 4.69) is 23.7 Å². The van der Waals surface area contributed by atoms with Crippen molar-refractivity contribution in [2.75, 3.05) is 26.2 Å². The molecule has 0 aromatic carbocycles. The minimum Gasteiger partial charge on any atom is -0.312 e.